The van der Waals surface area contributed by atoms with Gasteiger partial charge in [-0.05, 0) is 65.8 Å². The van der Waals surface area contributed by atoms with E-state index in [4.69, 9.17) is 0 Å². The van der Waals surface area contributed by atoms with Crippen molar-refractivity contribution in [3.05, 3.63) is 103 Å². The van der Waals surface area contributed by atoms with E-state index in [0.29, 0.717) is 5.92 Å². The van der Waals surface area contributed by atoms with Crippen molar-refractivity contribution in [2.24, 2.45) is 0 Å². The largest absolute Gasteiger partial charge is 0.309 e. The summed E-state index contributed by atoms with van der Waals surface area (Å²) >= 11 is 0. The Bertz CT molecular complexity index is 1410. The summed E-state index contributed by atoms with van der Waals surface area (Å²) in [6, 6.07) is 36.0. The molecule has 4 aromatic carbocycles. The summed E-state index contributed by atoms with van der Waals surface area (Å²) in [5, 5.41) is 2.62. The number of unbranched alkanes of at least 4 members (excludes halogenated alkanes) is 6. The van der Waals surface area contributed by atoms with E-state index in [0.717, 1.165) is 0 Å². The molecule has 38 heavy (non-hydrogen) atoms. The van der Waals surface area contributed by atoms with Crippen LogP contribution in [0.15, 0.2) is 97.1 Å². The van der Waals surface area contributed by atoms with Crippen LogP contribution in [0.3, 0.4) is 0 Å². The molecular weight excluding hydrogens is 458 g/mol. The molecule has 0 aliphatic heterocycles. The van der Waals surface area contributed by atoms with Gasteiger partial charge in [-0.2, -0.15) is 0 Å². The first-order chi connectivity index (χ1) is 18.8. The van der Waals surface area contributed by atoms with Gasteiger partial charge in [-0.15, -0.1) is 0 Å². The minimum absolute atomic E-state index is 0.698. The van der Waals surface area contributed by atoms with Crippen molar-refractivity contribution in [2.45, 2.75) is 84.0 Å². The molecule has 0 aliphatic carbocycles. The van der Waals surface area contributed by atoms with Crippen molar-refractivity contribution in [1.82, 2.24) is 4.57 Å². The SMILES string of the molecule is CCCCCCC(CCCCCC)c1ccc(-c2ccc3c(c2)c2ccccc2n3-c2ccccc2)cc1. The van der Waals surface area contributed by atoms with Gasteiger partial charge in [-0.25, -0.2) is 0 Å². The second-order valence-corrected chi connectivity index (χ2v) is 10.9. The molecule has 0 saturated heterocycles. The number of rotatable bonds is 13. The molecule has 5 rings (SSSR count). The average molecular weight is 502 g/mol. The lowest BCUT2D eigenvalue weighted by Crippen LogP contribution is -2.00. The summed E-state index contributed by atoms with van der Waals surface area (Å²) < 4.78 is 2.39. The van der Waals surface area contributed by atoms with Crippen molar-refractivity contribution in [3.8, 4) is 16.8 Å². The molecule has 0 aliphatic rings. The van der Waals surface area contributed by atoms with Crippen molar-refractivity contribution in [2.75, 3.05) is 0 Å². The van der Waals surface area contributed by atoms with Crippen molar-refractivity contribution in [1.29, 1.82) is 0 Å². The molecule has 0 saturated carbocycles. The standard InChI is InChI=1S/C37H43N/c1-3-5-7-10-16-29(17-11-8-6-4-2)30-22-24-31(25-23-30)32-26-27-37-35(28-32)34-20-14-15-21-36(34)38(37)33-18-12-9-13-19-33/h9,12-15,18-29H,3-8,10-11,16-17H2,1-2H3. The van der Waals surface area contributed by atoms with Crippen LogP contribution in [0.1, 0.15) is 89.5 Å². The number of para-hydroxylation sites is 2. The molecule has 0 amide bonds. The van der Waals surface area contributed by atoms with E-state index >= 15 is 0 Å². The number of hydrogen-bond donors (Lipinski definition) is 0. The highest BCUT2D eigenvalue weighted by Gasteiger charge is 2.14. The van der Waals surface area contributed by atoms with Crippen molar-refractivity contribution < 1.29 is 0 Å². The first-order valence-corrected chi connectivity index (χ1v) is 15.0. The Morgan fingerprint density at radius 1 is 0.526 bits per heavy atom. The predicted octanol–water partition coefficient (Wildman–Crippen LogP) is 11.5. The zero-order valence-corrected chi connectivity index (χ0v) is 23.3. The average Bonchev–Trinajstić information content (AvgIpc) is 3.31. The Labute approximate surface area is 229 Å². The first-order valence-electron chi connectivity index (χ1n) is 15.0. The fourth-order valence-corrected chi connectivity index (χ4v) is 6.07. The molecule has 0 radical (unpaired) electrons. The third-order valence-corrected chi connectivity index (χ3v) is 8.21. The Hall–Kier alpha value is -3.32. The number of fused-ring (bicyclic) bond motifs is 3. The first kappa shape index (κ1) is 26.3. The molecule has 0 atom stereocenters. The fourth-order valence-electron chi connectivity index (χ4n) is 6.07. The van der Waals surface area contributed by atoms with Crippen LogP contribution in [0.5, 0.6) is 0 Å². The summed E-state index contributed by atoms with van der Waals surface area (Å²) in [4.78, 5) is 0. The van der Waals surface area contributed by atoms with Crippen molar-refractivity contribution >= 4 is 21.8 Å². The molecular formula is C37H43N. The minimum Gasteiger partial charge on any atom is -0.309 e. The molecule has 0 fully saturated rings. The highest BCUT2D eigenvalue weighted by atomic mass is 15.0. The maximum Gasteiger partial charge on any atom is 0.0541 e. The van der Waals surface area contributed by atoms with Gasteiger partial charge in [0.05, 0.1) is 11.0 Å². The monoisotopic (exact) mass is 501 g/mol. The summed E-state index contributed by atoms with van der Waals surface area (Å²) in [6.45, 7) is 4.61. The van der Waals surface area contributed by atoms with Gasteiger partial charge in [-0.1, -0.05) is 132 Å². The quantitative estimate of drug-likeness (QED) is 0.141. The normalized spacial score (nSPS) is 11.7. The molecule has 1 heterocycles. The smallest absolute Gasteiger partial charge is 0.0541 e. The summed E-state index contributed by atoms with van der Waals surface area (Å²) in [5.41, 5.74) is 7.86. The molecule has 1 heteroatoms. The highest BCUT2D eigenvalue weighted by Crippen LogP contribution is 2.36. The van der Waals surface area contributed by atoms with E-state index in [1.165, 1.54) is 108 Å². The molecule has 0 N–H and O–H groups in total. The van der Waals surface area contributed by atoms with Gasteiger partial charge in [0.2, 0.25) is 0 Å². The van der Waals surface area contributed by atoms with Gasteiger partial charge < -0.3 is 4.57 Å². The third kappa shape index (κ3) is 5.88. The zero-order valence-electron chi connectivity index (χ0n) is 23.3. The van der Waals surface area contributed by atoms with Crippen LogP contribution in [0, 0.1) is 0 Å². The number of hydrogen-bond acceptors (Lipinski definition) is 0. The highest BCUT2D eigenvalue weighted by molar-refractivity contribution is 6.10. The lowest BCUT2D eigenvalue weighted by atomic mass is 9.87. The van der Waals surface area contributed by atoms with E-state index in [9.17, 15) is 0 Å². The Morgan fingerprint density at radius 2 is 1.13 bits per heavy atom. The molecule has 196 valence electrons. The number of nitrogens with zero attached hydrogens (tertiary/aromatic N) is 1. The van der Waals surface area contributed by atoms with Crippen molar-refractivity contribution in [3.63, 3.8) is 0 Å². The van der Waals surface area contributed by atoms with Crippen LogP contribution in [0.2, 0.25) is 0 Å². The molecule has 0 unspecified atom stereocenters. The Balaban J connectivity index is 1.43. The summed E-state index contributed by atoms with van der Waals surface area (Å²) in [7, 11) is 0. The van der Waals surface area contributed by atoms with Crippen LogP contribution in [0.25, 0.3) is 38.6 Å². The van der Waals surface area contributed by atoms with Gasteiger partial charge in [0.1, 0.15) is 0 Å². The van der Waals surface area contributed by atoms with Crippen LogP contribution in [0.4, 0.5) is 0 Å². The summed E-state index contributed by atoms with van der Waals surface area (Å²) in [6.07, 6.45) is 13.5. The van der Waals surface area contributed by atoms with Crippen LogP contribution >= 0.6 is 0 Å². The van der Waals surface area contributed by atoms with Crippen LogP contribution in [-0.4, -0.2) is 4.57 Å². The second-order valence-electron chi connectivity index (χ2n) is 10.9. The van der Waals surface area contributed by atoms with Gasteiger partial charge in [0.15, 0.2) is 0 Å². The Morgan fingerprint density at radius 3 is 1.82 bits per heavy atom. The van der Waals surface area contributed by atoms with E-state index < -0.39 is 0 Å². The van der Waals surface area contributed by atoms with E-state index in [1.807, 2.05) is 0 Å². The Kier molecular flexibility index (Phi) is 8.97. The maximum absolute atomic E-state index is 2.41. The molecule has 1 aromatic heterocycles. The zero-order chi connectivity index (χ0) is 26.2. The topological polar surface area (TPSA) is 4.93 Å². The lowest BCUT2D eigenvalue weighted by Gasteiger charge is -2.18. The summed E-state index contributed by atoms with van der Waals surface area (Å²) in [5.74, 6) is 0.698. The van der Waals surface area contributed by atoms with E-state index in [1.54, 1.807) is 0 Å². The maximum atomic E-state index is 2.41. The third-order valence-electron chi connectivity index (χ3n) is 8.21. The number of aromatic nitrogens is 1. The predicted molar refractivity (Wildman–Crippen MR) is 166 cm³/mol. The van der Waals surface area contributed by atoms with Crippen LogP contribution in [-0.2, 0) is 0 Å². The van der Waals surface area contributed by atoms with Crippen LogP contribution < -0.4 is 0 Å². The second kappa shape index (κ2) is 13.0. The van der Waals surface area contributed by atoms with E-state index in [-0.39, 0.29) is 0 Å². The molecule has 1 nitrogen and oxygen atoms in total. The molecule has 0 bridgehead atoms. The number of benzene rings is 4. The van der Waals surface area contributed by atoms with Gasteiger partial charge in [0.25, 0.3) is 0 Å². The van der Waals surface area contributed by atoms with Gasteiger partial charge in [0, 0.05) is 16.5 Å². The van der Waals surface area contributed by atoms with E-state index in [2.05, 4.69) is 115 Å². The van der Waals surface area contributed by atoms with Gasteiger partial charge in [-0.3, -0.25) is 0 Å². The fraction of sp³-hybridized carbons (Fsp3) is 0.351. The van der Waals surface area contributed by atoms with Gasteiger partial charge >= 0.3 is 0 Å². The molecule has 0 spiro atoms. The lowest BCUT2D eigenvalue weighted by molar-refractivity contribution is 0.496. The minimum atomic E-state index is 0.698. The molecule has 5 aromatic rings.